The molecule has 4 nitrogen and oxygen atoms in total. The number of nitrogens with zero attached hydrogens (tertiary/aromatic N) is 1. The highest BCUT2D eigenvalue weighted by Crippen LogP contribution is 2.28. The number of hydrogen-bond donors (Lipinski definition) is 2. The fourth-order valence-corrected chi connectivity index (χ4v) is 1.69. The predicted molar refractivity (Wildman–Crippen MR) is 65.8 cm³/mol. The number of pyridine rings is 1. The van der Waals surface area contributed by atoms with Crippen molar-refractivity contribution in [3.63, 3.8) is 0 Å². The number of aliphatic hydroxyl groups excluding tert-OH is 1. The van der Waals surface area contributed by atoms with Gasteiger partial charge >= 0.3 is 6.36 Å². The first-order chi connectivity index (χ1) is 9.37. The lowest BCUT2D eigenvalue weighted by molar-refractivity contribution is -0.274. The van der Waals surface area contributed by atoms with Gasteiger partial charge in [0.2, 0.25) is 0 Å². The highest BCUT2D eigenvalue weighted by atomic mass is 19.4. The summed E-state index contributed by atoms with van der Waals surface area (Å²) in [4.78, 5) is 3.84. The van der Waals surface area contributed by atoms with Gasteiger partial charge in [0.1, 0.15) is 17.7 Å². The van der Waals surface area contributed by atoms with Crippen LogP contribution in [0.2, 0.25) is 0 Å². The van der Waals surface area contributed by atoms with Crippen molar-refractivity contribution in [2.45, 2.75) is 12.5 Å². The first-order valence-electron chi connectivity index (χ1n) is 5.61. The molecule has 106 valence electrons. The van der Waals surface area contributed by atoms with Crippen LogP contribution in [0, 0.1) is 0 Å². The van der Waals surface area contributed by atoms with E-state index in [1.165, 1.54) is 18.3 Å². The highest BCUT2D eigenvalue weighted by molar-refractivity contribution is 5.44. The summed E-state index contributed by atoms with van der Waals surface area (Å²) in [5, 5.41) is 10.1. The average Bonchev–Trinajstić information content (AvgIpc) is 2.37. The SMILES string of the molecule is Nc1ncccc1C(O)c1ccc(OC(F)(F)F)cc1. The Kier molecular flexibility index (Phi) is 3.80. The Bertz CT molecular complexity index is 585. The third-order valence-electron chi connectivity index (χ3n) is 2.60. The summed E-state index contributed by atoms with van der Waals surface area (Å²) < 4.78 is 39.8. The Hall–Kier alpha value is -2.28. The second-order valence-electron chi connectivity index (χ2n) is 4.00. The summed E-state index contributed by atoms with van der Waals surface area (Å²) in [7, 11) is 0. The quantitative estimate of drug-likeness (QED) is 0.909. The van der Waals surface area contributed by atoms with E-state index < -0.39 is 12.5 Å². The number of hydrogen-bond acceptors (Lipinski definition) is 4. The molecule has 0 aliphatic carbocycles. The minimum Gasteiger partial charge on any atom is -0.406 e. The van der Waals surface area contributed by atoms with Crippen LogP contribution >= 0.6 is 0 Å². The van der Waals surface area contributed by atoms with Gasteiger partial charge in [0.15, 0.2) is 0 Å². The van der Waals surface area contributed by atoms with Crippen molar-refractivity contribution in [1.29, 1.82) is 0 Å². The van der Waals surface area contributed by atoms with Gasteiger partial charge in [-0.1, -0.05) is 18.2 Å². The van der Waals surface area contributed by atoms with E-state index in [4.69, 9.17) is 5.73 Å². The lowest BCUT2D eigenvalue weighted by Gasteiger charge is -2.14. The Balaban J connectivity index is 2.20. The minimum absolute atomic E-state index is 0.163. The molecule has 0 saturated heterocycles. The van der Waals surface area contributed by atoms with Crippen LogP contribution in [-0.4, -0.2) is 16.5 Å². The van der Waals surface area contributed by atoms with Gasteiger partial charge in [-0.05, 0) is 23.8 Å². The fourth-order valence-electron chi connectivity index (χ4n) is 1.69. The number of nitrogens with two attached hydrogens (primary N) is 1. The molecular weight excluding hydrogens is 273 g/mol. The van der Waals surface area contributed by atoms with Gasteiger partial charge in [-0.2, -0.15) is 0 Å². The van der Waals surface area contributed by atoms with Crippen LogP contribution in [0.1, 0.15) is 17.2 Å². The van der Waals surface area contributed by atoms with E-state index in [9.17, 15) is 18.3 Å². The maximum Gasteiger partial charge on any atom is 0.573 e. The number of anilines is 1. The number of halogens is 3. The van der Waals surface area contributed by atoms with Gasteiger partial charge in [0.25, 0.3) is 0 Å². The van der Waals surface area contributed by atoms with E-state index in [1.807, 2.05) is 0 Å². The maximum absolute atomic E-state index is 12.0. The van der Waals surface area contributed by atoms with Crippen LogP contribution in [0.4, 0.5) is 19.0 Å². The van der Waals surface area contributed by atoms with E-state index in [0.29, 0.717) is 11.1 Å². The van der Waals surface area contributed by atoms with Crippen molar-refractivity contribution in [1.82, 2.24) is 4.98 Å². The molecule has 0 fully saturated rings. The topological polar surface area (TPSA) is 68.4 Å². The number of alkyl halides is 3. The van der Waals surface area contributed by atoms with Gasteiger partial charge in [-0.15, -0.1) is 13.2 Å². The first kappa shape index (κ1) is 14.1. The fraction of sp³-hybridized carbons (Fsp3) is 0.154. The second-order valence-corrected chi connectivity index (χ2v) is 4.00. The first-order valence-corrected chi connectivity index (χ1v) is 5.61. The Morgan fingerprint density at radius 1 is 1.15 bits per heavy atom. The molecule has 1 unspecified atom stereocenters. The molecule has 1 heterocycles. The van der Waals surface area contributed by atoms with Crippen molar-refractivity contribution in [3.8, 4) is 5.75 Å². The average molecular weight is 284 g/mol. The number of rotatable bonds is 3. The zero-order valence-corrected chi connectivity index (χ0v) is 10.1. The third-order valence-corrected chi connectivity index (χ3v) is 2.60. The van der Waals surface area contributed by atoms with Crippen molar-refractivity contribution in [2.75, 3.05) is 5.73 Å². The number of aromatic nitrogens is 1. The molecular formula is C13H11F3N2O2. The molecule has 1 aromatic carbocycles. The summed E-state index contributed by atoms with van der Waals surface area (Å²) in [5.41, 5.74) is 6.40. The summed E-state index contributed by atoms with van der Waals surface area (Å²) in [5.74, 6) is -0.191. The molecule has 2 rings (SSSR count). The monoisotopic (exact) mass is 284 g/mol. The normalized spacial score (nSPS) is 13.0. The molecule has 0 aliphatic heterocycles. The highest BCUT2D eigenvalue weighted by Gasteiger charge is 2.31. The van der Waals surface area contributed by atoms with E-state index in [-0.39, 0.29) is 11.6 Å². The van der Waals surface area contributed by atoms with Crippen LogP contribution < -0.4 is 10.5 Å². The van der Waals surface area contributed by atoms with Crippen molar-refractivity contribution >= 4 is 5.82 Å². The zero-order valence-electron chi connectivity index (χ0n) is 10.1. The van der Waals surface area contributed by atoms with Gasteiger partial charge in [-0.3, -0.25) is 0 Å². The molecule has 3 N–H and O–H groups in total. The van der Waals surface area contributed by atoms with Gasteiger partial charge in [0.05, 0.1) is 0 Å². The lowest BCUT2D eigenvalue weighted by Crippen LogP contribution is -2.17. The second kappa shape index (κ2) is 5.38. The smallest absolute Gasteiger partial charge is 0.406 e. The summed E-state index contributed by atoms with van der Waals surface area (Å²) in [6, 6.07) is 8.11. The van der Waals surface area contributed by atoms with E-state index >= 15 is 0 Å². The molecule has 0 aliphatic rings. The van der Waals surface area contributed by atoms with E-state index in [1.54, 1.807) is 12.1 Å². The van der Waals surface area contributed by atoms with Gasteiger partial charge < -0.3 is 15.6 Å². The summed E-state index contributed by atoms with van der Waals surface area (Å²) in [6.45, 7) is 0. The molecule has 0 radical (unpaired) electrons. The van der Waals surface area contributed by atoms with Crippen molar-refractivity contribution in [3.05, 3.63) is 53.7 Å². The van der Waals surface area contributed by atoms with Crippen LogP contribution in [0.5, 0.6) is 5.75 Å². The van der Waals surface area contributed by atoms with Crippen LogP contribution in [-0.2, 0) is 0 Å². The predicted octanol–water partition coefficient (Wildman–Crippen LogP) is 2.64. The lowest BCUT2D eigenvalue weighted by atomic mass is 10.0. The van der Waals surface area contributed by atoms with Gasteiger partial charge in [0, 0.05) is 11.8 Å². The molecule has 0 bridgehead atoms. The number of benzene rings is 1. The summed E-state index contributed by atoms with van der Waals surface area (Å²) in [6.07, 6.45) is -4.33. The van der Waals surface area contributed by atoms with Crippen LogP contribution in [0.25, 0.3) is 0 Å². The zero-order chi connectivity index (χ0) is 14.8. The molecule has 2 aromatic rings. The molecule has 0 saturated carbocycles. The van der Waals surface area contributed by atoms with Crippen molar-refractivity contribution in [2.24, 2.45) is 0 Å². The van der Waals surface area contributed by atoms with E-state index in [2.05, 4.69) is 9.72 Å². The van der Waals surface area contributed by atoms with Crippen LogP contribution in [0.15, 0.2) is 42.6 Å². The largest absolute Gasteiger partial charge is 0.573 e. The van der Waals surface area contributed by atoms with Crippen molar-refractivity contribution < 1.29 is 23.0 Å². The van der Waals surface area contributed by atoms with Crippen LogP contribution in [0.3, 0.4) is 0 Å². The maximum atomic E-state index is 12.0. The third kappa shape index (κ3) is 3.39. The number of ether oxygens (including phenoxy) is 1. The van der Waals surface area contributed by atoms with Gasteiger partial charge in [-0.25, -0.2) is 4.98 Å². The molecule has 0 amide bonds. The number of aliphatic hydroxyl groups is 1. The molecule has 20 heavy (non-hydrogen) atoms. The molecule has 1 atom stereocenters. The van der Waals surface area contributed by atoms with E-state index in [0.717, 1.165) is 12.1 Å². The number of nitrogen functional groups attached to an aromatic ring is 1. The summed E-state index contributed by atoms with van der Waals surface area (Å²) >= 11 is 0. The standard InChI is InChI=1S/C13H11F3N2O2/c14-13(15,16)20-9-5-3-8(4-6-9)11(19)10-2-1-7-18-12(10)17/h1-7,11,19H,(H2,17,18). The Labute approximate surface area is 112 Å². The Morgan fingerprint density at radius 2 is 1.80 bits per heavy atom. The minimum atomic E-state index is -4.74. The molecule has 1 aromatic heterocycles. The molecule has 7 heteroatoms. The molecule has 0 spiro atoms. The Morgan fingerprint density at radius 3 is 2.35 bits per heavy atom.